The van der Waals surface area contributed by atoms with Gasteiger partial charge in [0.2, 0.25) is 11.8 Å². The molecule has 0 aromatic heterocycles. The number of carbonyl (C=O) groups excluding carboxylic acids is 2. The molecule has 1 heterocycles. The summed E-state index contributed by atoms with van der Waals surface area (Å²) in [6, 6.07) is 7.70. The SMILES string of the molecule is COCC(=O)N[C@@H]1CC(=O)N(CCc2ccc(OC)cc2)C1. The van der Waals surface area contributed by atoms with Crippen LogP contribution in [0.3, 0.4) is 0 Å². The largest absolute Gasteiger partial charge is 0.497 e. The first-order valence-electron chi connectivity index (χ1n) is 7.31. The van der Waals surface area contributed by atoms with E-state index in [4.69, 9.17) is 9.47 Å². The molecule has 2 amide bonds. The van der Waals surface area contributed by atoms with E-state index in [-0.39, 0.29) is 24.5 Å². The number of benzene rings is 1. The maximum absolute atomic E-state index is 12.0. The fourth-order valence-corrected chi connectivity index (χ4v) is 2.54. The van der Waals surface area contributed by atoms with Crippen LogP contribution in [0.25, 0.3) is 0 Å². The van der Waals surface area contributed by atoms with Gasteiger partial charge in [0, 0.05) is 26.6 Å². The van der Waals surface area contributed by atoms with Gasteiger partial charge >= 0.3 is 0 Å². The van der Waals surface area contributed by atoms with Gasteiger partial charge in [-0.15, -0.1) is 0 Å². The predicted molar refractivity (Wildman–Crippen MR) is 81.7 cm³/mol. The summed E-state index contributed by atoms with van der Waals surface area (Å²) in [4.78, 5) is 25.2. The molecule has 1 saturated heterocycles. The lowest BCUT2D eigenvalue weighted by atomic mass is 10.1. The average Bonchev–Trinajstić information content (AvgIpc) is 2.85. The molecule has 1 N–H and O–H groups in total. The number of hydrogen-bond acceptors (Lipinski definition) is 4. The lowest BCUT2D eigenvalue weighted by Crippen LogP contribution is -2.39. The Balaban J connectivity index is 1.80. The minimum atomic E-state index is -0.183. The van der Waals surface area contributed by atoms with E-state index in [9.17, 15) is 9.59 Å². The van der Waals surface area contributed by atoms with Crippen molar-refractivity contribution in [1.29, 1.82) is 0 Å². The smallest absolute Gasteiger partial charge is 0.246 e. The van der Waals surface area contributed by atoms with Gasteiger partial charge < -0.3 is 19.7 Å². The number of ether oxygens (including phenoxy) is 2. The van der Waals surface area contributed by atoms with Crippen LogP contribution in [0.1, 0.15) is 12.0 Å². The van der Waals surface area contributed by atoms with Crippen LogP contribution in [0.5, 0.6) is 5.75 Å². The molecule has 0 spiro atoms. The number of likely N-dealkylation sites (tertiary alicyclic amines) is 1. The molecular weight excluding hydrogens is 284 g/mol. The van der Waals surface area contributed by atoms with Gasteiger partial charge in [-0.1, -0.05) is 12.1 Å². The Hall–Kier alpha value is -2.08. The molecule has 1 aliphatic heterocycles. The van der Waals surface area contributed by atoms with Gasteiger partial charge in [0.05, 0.1) is 13.2 Å². The molecule has 1 fully saturated rings. The fraction of sp³-hybridized carbons (Fsp3) is 0.500. The van der Waals surface area contributed by atoms with Crippen LogP contribution in [-0.2, 0) is 20.7 Å². The van der Waals surface area contributed by atoms with E-state index >= 15 is 0 Å². The molecule has 6 nitrogen and oxygen atoms in total. The van der Waals surface area contributed by atoms with Crippen LogP contribution in [0.2, 0.25) is 0 Å². The summed E-state index contributed by atoms with van der Waals surface area (Å²) in [5.41, 5.74) is 1.15. The van der Waals surface area contributed by atoms with Crippen LogP contribution in [0.15, 0.2) is 24.3 Å². The van der Waals surface area contributed by atoms with E-state index < -0.39 is 0 Å². The summed E-state index contributed by atoms with van der Waals surface area (Å²) >= 11 is 0. The van der Waals surface area contributed by atoms with Gasteiger partial charge in [-0.2, -0.15) is 0 Å². The van der Waals surface area contributed by atoms with Crippen molar-refractivity contribution < 1.29 is 19.1 Å². The van der Waals surface area contributed by atoms with Crippen LogP contribution in [-0.4, -0.2) is 56.7 Å². The standard InChI is InChI=1S/C16H22N2O4/c1-21-11-15(19)17-13-9-16(20)18(10-13)8-7-12-3-5-14(22-2)6-4-12/h3-6,13H,7-11H2,1-2H3,(H,17,19)/t13-/m1/s1. The number of amides is 2. The van der Waals surface area contributed by atoms with Crippen molar-refractivity contribution in [3.05, 3.63) is 29.8 Å². The lowest BCUT2D eigenvalue weighted by molar-refractivity contribution is -0.127. The summed E-state index contributed by atoms with van der Waals surface area (Å²) in [6.45, 7) is 1.24. The van der Waals surface area contributed by atoms with E-state index in [1.807, 2.05) is 24.3 Å². The molecule has 0 unspecified atom stereocenters. The zero-order valence-electron chi connectivity index (χ0n) is 13.0. The topological polar surface area (TPSA) is 67.9 Å². The zero-order chi connectivity index (χ0) is 15.9. The number of hydrogen-bond donors (Lipinski definition) is 1. The fourth-order valence-electron chi connectivity index (χ4n) is 2.54. The van der Waals surface area contributed by atoms with Gasteiger partial charge in [-0.3, -0.25) is 9.59 Å². The first-order chi connectivity index (χ1) is 10.6. The molecule has 0 aliphatic carbocycles. The lowest BCUT2D eigenvalue weighted by Gasteiger charge is -2.17. The molecule has 1 atom stereocenters. The number of rotatable bonds is 7. The average molecular weight is 306 g/mol. The van der Waals surface area contributed by atoms with Crippen LogP contribution in [0, 0.1) is 0 Å². The molecule has 6 heteroatoms. The second kappa shape index (κ2) is 7.79. The second-order valence-electron chi connectivity index (χ2n) is 5.34. The molecule has 1 aromatic rings. The third-order valence-electron chi connectivity index (χ3n) is 3.68. The Morgan fingerprint density at radius 1 is 1.32 bits per heavy atom. The Morgan fingerprint density at radius 3 is 2.68 bits per heavy atom. The van der Waals surface area contributed by atoms with Crippen molar-refractivity contribution in [2.75, 3.05) is 33.9 Å². The Labute approximate surface area is 130 Å². The first kappa shape index (κ1) is 16.3. The molecular formula is C16H22N2O4. The van der Waals surface area contributed by atoms with E-state index in [0.717, 1.165) is 17.7 Å². The Bertz CT molecular complexity index is 515. The maximum atomic E-state index is 12.0. The highest BCUT2D eigenvalue weighted by molar-refractivity contribution is 5.82. The van der Waals surface area contributed by atoms with E-state index in [0.29, 0.717) is 19.5 Å². The third-order valence-corrected chi connectivity index (χ3v) is 3.68. The maximum Gasteiger partial charge on any atom is 0.246 e. The molecule has 0 saturated carbocycles. The van der Waals surface area contributed by atoms with Gasteiger partial charge in [-0.05, 0) is 24.1 Å². The first-order valence-corrected chi connectivity index (χ1v) is 7.31. The van der Waals surface area contributed by atoms with E-state index in [1.165, 1.54) is 7.11 Å². The minimum absolute atomic E-state index is 0.0243. The summed E-state index contributed by atoms with van der Waals surface area (Å²) < 4.78 is 9.89. The molecule has 1 aliphatic rings. The molecule has 0 radical (unpaired) electrons. The summed E-state index contributed by atoms with van der Waals surface area (Å²) in [5, 5.41) is 2.81. The Morgan fingerprint density at radius 2 is 2.05 bits per heavy atom. The molecule has 22 heavy (non-hydrogen) atoms. The van der Waals surface area contributed by atoms with Crippen molar-refractivity contribution in [2.45, 2.75) is 18.9 Å². The third kappa shape index (κ3) is 4.46. The number of nitrogens with one attached hydrogen (secondary N) is 1. The Kier molecular flexibility index (Phi) is 5.77. The molecule has 1 aromatic carbocycles. The summed E-state index contributed by atoms with van der Waals surface area (Å²) in [5.74, 6) is 0.718. The van der Waals surface area contributed by atoms with Crippen LogP contribution >= 0.6 is 0 Å². The highest BCUT2D eigenvalue weighted by Gasteiger charge is 2.30. The van der Waals surface area contributed by atoms with Crippen molar-refractivity contribution in [3.63, 3.8) is 0 Å². The van der Waals surface area contributed by atoms with Gasteiger partial charge in [0.25, 0.3) is 0 Å². The second-order valence-corrected chi connectivity index (χ2v) is 5.34. The monoisotopic (exact) mass is 306 g/mol. The highest BCUT2D eigenvalue weighted by atomic mass is 16.5. The van der Waals surface area contributed by atoms with E-state index in [2.05, 4.69) is 5.32 Å². The quantitative estimate of drug-likeness (QED) is 0.801. The molecule has 2 rings (SSSR count). The van der Waals surface area contributed by atoms with Gasteiger partial charge in [-0.25, -0.2) is 0 Å². The molecule has 120 valence electrons. The molecule has 0 bridgehead atoms. The highest BCUT2D eigenvalue weighted by Crippen LogP contribution is 2.15. The predicted octanol–water partition coefficient (Wildman–Crippen LogP) is 0.601. The normalized spacial score (nSPS) is 17.6. The van der Waals surface area contributed by atoms with Gasteiger partial charge in [0.1, 0.15) is 12.4 Å². The zero-order valence-corrected chi connectivity index (χ0v) is 13.0. The van der Waals surface area contributed by atoms with Gasteiger partial charge in [0.15, 0.2) is 0 Å². The summed E-state index contributed by atoms with van der Waals surface area (Å²) in [6.07, 6.45) is 1.15. The summed E-state index contributed by atoms with van der Waals surface area (Å²) in [7, 11) is 3.11. The van der Waals surface area contributed by atoms with Crippen LogP contribution < -0.4 is 10.1 Å². The number of methoxy groups -OCH3 is 2. The minimum Gasteiger partial charge on any atom is -0.497 e. The van der Waals surface area contributed by atoms with E-state index in [1.54, 1.807) is 12.0 Å². The van der Waals surface area contributed by atoms with Crippen molar-refractivity contribution in [2.24, 2.45) is 0 Å². The number of nitrogens with zero attached hydrogens (tertiary/aromatic N) is 1. The van der Waals surface area contributed by atoms with Crippen molar-refractivity contribution >= 4 is 11.8 Å². The van der Waals surface area contributed by atoms with Crippen molar-refractivity contribution in [3.8, 4) is 5.75 Å². The van der Waals surface area contributed by atoms with Crippen LogP contribution in [0.4, 0.5) is 0 Å². The number of carbonyl (C=O) groups is 2. The van der Waals surface area contributed by atoms with Crippen molar-refractivity contribution in [1.82, 2.24) is 10.2 Å².